The van der Waals surface area contributed by atoms with Gasteiger partial charge in [0.05, 0.1) is 0 Å². The number of hydrogen-bond donors (Lipinski definition) is 4. The molecule has 0 fully saturated rings. The molecule has 0 bridgehead atoms. The molecule has 7 nitrogen and oxygen atoms in total. The van der Waals surface area contributed by atoms with Gasteiger partial charge < -0.3 is 5.32 Å². The molecule has 0 aliphatic rings. The Labute approximate surface area is 74.8 Å². The van der Waals surface area contributed by atoms with Crippen molar-refractivity contribution >= 4 is 11.9 Å². The van der Waals surface area contributed by atoms with Crippen LogP contribution in [0.1, 0.15) is 13.3 Å². The summed E-state index contributed by atoms with van der Waals surface area (Å²) in [7, 11) is 0. The Morgan fingerprint density at radius 1 is 1.54 bits per heavy atom. The van der Waals surface area contributed by atoms with Crippen molar-refractivity contribution in [1.82, 2.24) is 15.0 Å². The number of nitrogens with zero attached hydrogens (tertiary/aromatic N) is 2. The summed E-state index contributed by atoms with van der Waals surface area (Å²) in [5.41, 5.74) is 1.75. The molecule has 1 aromatic heterocycles. The van der Waals surface area contributed by atoms with Crippen LogP contribution in [0.2, 0.25) is 0 Å². The number of hydrogen-bond acceptors (Lipinski definition) is 6. The van der Waals surface area contributed by atoms with Crippen LogP contribution in [0.25, 0.3) is 0 Å². The average Bonchev–Trinajstić information content (AvgIpc) is 2.14. The Kier molecular flexibility index (Phi) is 3.21. The molecule has 1 rings (SSSR count). The van der Waals surface area contributed by atoms with E-state index in [1.807, 2.05) is 6.92 Å². The molecule has 0 unspecified atom stereocenters. The molecule has 0 amide bonds. The lowest BCUT2D eigenvalue weighted by molar-refractivity contribution is 0.919. The maximum atomic E-state index is 10.9. The molecule has 0 saturated heterocycles. The highest BCUT2D eigenvalue weighted by molar-refractivity contribution is 5.31. The number of nitrogens with two attached hydrogens (primary N) is 1. The van der Waals surface area contributed by atoms with Gasteiger partial charge in [0.2, 0.25) is 11.9 Å². The van der Waals surface area contributed by atoms with Gasteiger partial charge in [-0.2, -0.15) is 9.97 Å². The SMILES string of the molecule is CCCNc1nc(NN)[nH]c(=O)n1. The number of anilines is 2. The predicted octanol–water partition coefficient (Wildman–Crippen LogP) is -0.728. The third kappa shape index (κ3) is 2.71. The Morgan fingerprint density at radius 3 is 2.92 bits per heavy atom. The van der Waals surface area contributed by atoms with Gasteiger partial charge in [-0.25, -0.2) is 10.6 Å². The molecule has 0 spiro atoms. The first-order chi connectivity index (χ1) is 6.26. The lowest BCUT2D eigenvalue weighted by Gasteiger charge is -2.03. The van der Waals surface area contributed by atoms with Crippen LogP contribution in [0.5, 0.6) is 0 Å². The maximum Gasteiger partial charge on any atom is 0.351 e. The van der Waals surface area contributed by atoms with Crippen LogP contribution in [-0.2, 0) is 0 Å². The highest BCUT2D eigenvalue weighted by Gasteiger charge is 1.99. The molecule has 0 saturated carbocycles. The van der Waals surface area contributed by atoms with E-state index in [-0.39, 0.29) is 11.9 Å². The van der Waals surface area contributed by atoms with Crippen LogP contribution in [0.3, 0.4) is 0 Å². The first-order valence-electron chi connectivity index (χ1n) is 3.95. The topological polar surface area (TPSA) is 109 Å². The first kappa shape index (κ1) is 9.46. The van der Waals surface area contributed by atoms with Crippen LogP contribution >= 0.6 is 0 Å². The van der Waals surface area contributed by atoms with Gasteiger partial charge in [-0.05, 0) is 6.42 Å². The summed E-state index contributed by atoms with van der Waals surface area (Å²) in [6, 6.07) is 0. The Morgan fingerprint density at radius 2 is 2.31 bits per heavy atom. The number of H-pyrrole nitrogens is 1. The van der Waals surface area contributed by atoms with Gasteiger partial charge in [-0.3, -0.25) is 10.4 Å². The smallest absolute Gasteiger partial charge is 0.351 e. The summed E-state index contributed by atoms with van der Waals surface area (Å²) in [6.07, 6.45) is 0.932. The van der Waals surface area contributed by atoms with Crippen molar-refractivity contribution in [2.45, 2.75) is 13.3 Å². The van der Waals surface area contributed by atoms with Crippen molar-refractivity contribution in [2.24, 2.45) is 5.84 Å². The van der Waals surface area contributed by atoms with E-state index in [4.69, 9.17) is 5.84 Å². The average molecular weight is 184 g/mol. The fourth-order valence-electron chi connectivity index (χ4n) is 0.768. The van der Waals surface area contributed by atoms with Crippen molar-refractivity contribution in [3.8, 4) is 0 Å². The van der Waals surface area contributed by atoms with Crippen LogP contribution in [-0.4, -0.2) is 21.5 Å². The Hall–Kier alpha value is -1.63. The van der Waals surface area contributed by atoms with Crippen molar-refractivity contribution in [2.75, 3.05) is 17.3 Å². The second-order valence-electron chi connectivity index (χ2n) is 2.40. The summed E-state index contributed by atoms with van der Waals surface area (Å²) in [5.74, 6) is 5.55. The molecule has 13 heavy (non-hydrogen) atoms. The quantitative estimate of drug-likeness (QED) is 0.363. The molecule has 72 valence electrons. The fourth-order valence-corrected chi connectivity index (χ4v) is 0.768. The summed E-state index contributed by atoms with van der Waals surface area (Å²) in [4.78, 5) is 20.7. The monoisotopic (exact) mass is 184 g/mol. The number of aromatic nitrogens is 3. The second-order valence-corrected chi connectivity index (χ2v) is 2.40. The highest BCUT2D eigenvalue weighted by atomic mass is 16.1. The van der Waals surface area contributed by atoms with Gasteiger partial charge in [-0.15, -0.1) is 0 Å². The standard InChI is InChI=1S/C6H12N6O/c1-2-3-8-4-9-5(12-7)11-6(13)10-4/h2-3,7H2,1H3,(H3,8,9,10,11,12,13). The van der Waals surface area contributed by atoms with Crippen LogP contribution in [0.15, 0.2) is 4.79 Å². The minimum Gasteiger partial charge on any atom is -0.354 e. The molecule has 0 radical (unpaired) electrons. The van der Waals surface area contributed by atoms with E-state index in [1.54, 1.807) is 0 Å². The van der Waals surface area contributed by atoms with Gasteiger partial charge in [-0.1, -0.05) is 6.92 Å². The maximum absolute atomic E-state index is 10.9. The number of hydrazine groups is 1. The molecule has 0 aliphatic carbocycles. The van der Waals surface area contributed by atoms with Crippen molar-refractivity contribution in [3.05, 3.63) is 10.5 Å². The minimum absolute atomic E-state index is 0.193. The van der Waals surface area contributed by atoms with Gasteiger partial charge in [0.15, 0.2) is 0 Å². The summed E-state index contributed by atoms with van der Waals surface area (Å²) < 4.78 is 0. The normalized spacial score (nSPS) is 9.69. The first-order valence-corrected chi connectivity index (χ1v) is 3.95. The predicted molar refractivity (Wildman–Crippen MR) is 49.2 cm³/mol. The molecule has 0 aromatic carbocycles. The lowest BCUT2D eigenvalue weighted by atomic mass is 10.5. The highest BCUT2D eigenvalue weighted by Crippen LogP contribution is 1.96. The third-order valence-corrected chi connectivity index (χ3v) is 1.32. The second kappa shape index (κ2) is 4.41. The van der Waals surface area contributed by atoms with Crippen LogP contribution in [0.4, 0.5) is 11.9 Å². The molecule has 1 aromatic rings. The van der Waals surface area contributed by atoms with Crippen LogP contribution in [0, 0.1) is 0 Å². The fraction of sp³-hybridized carbons (Fsp3) is 0.500. The van der Waals surface area contributed by atoms with E-state index < -0.39 is 5.69 Å². The molecular weight excluding hydrogens is 172 g/mol. The zero-order valence-corrected chi connectivity index (χ0v) is 7.29. The third-order valence-electron chi connectivity index (χ3n) is 1.32. The van der Waals surface area contributed by atoms with Gasteiger partial charge >= 0.3 is 5.69 Å². The number of rotatable bonds is 4. The van der Waals surface area contributed by atoms with E-state index in [0.29, 0.717) is 6.54 Å². The summed E-state index contributed by atoms with van der Waals surface area (Å²) >= 11 is 0. The summed E-state index contributed by atoms with van der Waals surface area (Å²) in [5, 5.41) is 2.87. The van der Waals surface area contributed by atoms with E-state index in [1.165, 1.54) is 0 Å². The van der Waals surface area contributed by atoms with Crippen LogP contribution < -0.4 is 22.3 Å². The van der Waals surface area contributed by atoms with E-state index >= 15 is 0 Å². The van der Waals surface area contributed by atoms with Crippen molar-refractivity contribution < 1.29 is 0 Å². The molecule has 0 atom stereocenters. The van der Waals surface area contributed by atoms with Gasteiger partial charge in [0.25, 0.3) is 0 Å². The zero-order chi connectivity index (χ0) is 9.68. The number of nitrogen functional groups attached to an aromatic ring is 1. The number of aromatic amines is 1. The molecular formula is C6H12N6O. The van der Waals surface area contributed by atoms with E-state index in [9.17, 15) is 4.79 Å². The van der Waals surface area contributed by atoms with Gasteiger partial charge in [0, 0.05) is 6.54 Å². The Balaban J connectivity index is 2.82. The van der Waals surface area contributed by atoms with E-state index in [0.717, 1.165) is 6.42 Å². The molecule has 0 aliphatic heterocycles. The molecule has 5 N–H and O–H groups in total. The van der Waals surface area contributed by atoms with E-state index in [2.05, 4.69) is 25.7 Å². The summed E-state index contributed by atoms with van der Waals surface area (Å²) in [6.45, 7) is 2.72. The van der Waals surface area contributed by atoms with Crippen molar-refractivity contribution in [3.63, 3.8) is 0 Å². The van der Waals surface area contributed by atoms with Gasteiger partial charge in [0.1, 0.15) is 0 Å². The molecule has 7 heteroatoms. The number of nitrogens with one attached hydrogen (secondary N) is 3. The molecule has 1 heterocycles. The zero-order valence-electron chi connectivity index (χ0n) is 7.29. The van der Waals surface area contributed by atoms with Crippen molar-refractivity contribution in [1.29, 1.82) is 0 Å². The Bertz CT molecular complexity index is 321. The lowest BCUT2D eigenvalue weighted by Crippen LogP contribution is -2.21. The minimum atomic E-state index is -0.485. The largest absolute Gasteiger partial charge is 0.354 e.